The second-order valence-corrected chi connectivity index (χ2v) is 6.43. The van der Waals surface area contributed by atoms with Crippen LogP contribution in [0.2, 0.25) is 0 Å². The van der Waals surface area contributed by atoms with Crippen molar-refractivity contribution in [3.05, 3.63) is 66.9 Å². The average molecular weight is 315 g/mol. The molecule has 0 aliphatic heterocycles. The van der Waals surface area contributed by atoms with Gasteiger partial charge in [0.1, 0.15) is 10.7 Å². The molecule has 0 spiro atoms. The van der Waals surface area contributed by atoms with E-state index in [1.54, 1.807) is 12.1 Å². The van der Waals surface area contributed by atoms with Crippen LogP contribution in [0, 0.1) is 0 Å². The quantitative estimate of drug-likeness (QED) is 0.441. The molecule has 3 N–H and O–H groups in total. The van der Waals surface area contributed by atoms with Crippen LogP contribution in [0.4, 0.5) is 0 Å². The van der Waals surface area contributed by atoms with Crippen LogP contribution in [-0.4, -0.2) is 8.42 Å². The van der Waals surface area contributed by atoms with E-state index in [9.17, 15) is 8.42 Å². The van der Waals surface area contributed by atoms with Gasteiger partial charge in [0.15, 0.2) is 0 Å². The smallest absolute Gasteiger partial charge is 0.339 e. The van der Waals surface area contributed by atoms with Crippen molar-refractivity contribution in [3.8, 4) is 0 Å². The monoisotopic (exact) mass is 315 g/mol. The van der Waals surface area contributed by atoms with Crippen LogP contribution in [0.25, 0.3) is 21.5 Å². The third kappa shape index (κ3) is 2.81. The van der Waals surface area contributed by atoms with Gasteiger partial charge in [0.25, 0.3) is 0 Å². The number of hydrogen-bond donors (Lipinski definition) is 1. The van der Waals surface area contributed by atoms with E-state index in [0.29, 0.717) is 5.39 Å². The first-order chi connectivity index (χ1) is 9.97. The average Bonchev–Trinajstić information content (AvgIpc) is 2.43. The maximum Gasteiger partial charge on any atom is 0.339 e. The van der Waals surface area contributed by atoms with Crippen LogP contribution in [0.15, 0.2) is 71.8 Å². The van der Waals surface area contributed by atoms with Gasteiger partial charge in [-0.2, -0.15) is 8.42 Å². The van der Waals surface area contributed by atoms with Crippen molar-refractivity contribution in [1.29, 1.82) is 0 Å². The molecule has 5 heteroatoms. The maximum absolute atomic E-state index is 12.3. The molecule has 0 atom stereocenters. The third-order valence-electron chi connectivity index (χ3n) is 3.23. The topological polar surface area (TPSA) is 78.4 Å². The zero-order valence-electron chi connectivity index (χ0n) is 12.2. The molecule has 114 valence electrons. The summed E-state index contributed by atoms with van der Waals surface area (Å²) in [6.07, 6.45) is 0. The van der Waals surface area contributed by atoms with E-state index >= 15 is 0 Å². The molecule has 0 bridgehead atoms. The second kappa shape index (κ2) is 5.79. The third-order valence-corrected chi connectivity index (χ3v) is 4.63. The molecule has 0 saturated carbocycles. The fourth-order valence-corrected chi connectivity index (χ4v) is 3.54. The summed E-state index contributed by atoms with van der Waals surface area (Å²) in [5.74, 6) is 0.146. The Bertz CT molecular complexity index is 962. The molecule has 0 aromatic heterocycles. The Morgan fingerprint density at radius 2 is 1.55 bits per heavy atom. The summed E-state index contributed by atoms with van der Waals surface area (Å²) < 4.78 is 29.5. The molecule has 0 heterocycles. The van der Waals surface area contributed by atoms with E-state index in [4.69, 9.17) is 4.18 Å². The van der Waals surface area contributed by atoms with Gasteiger partial charge < -0.3 is 10.3 Å². The molecule has 4 nitrogen and oxygen atoms in total. The largest absolute Gasteiger partial charge is 0.384 e. The maximum atomic E-state index is 12.3. The van der Waals surface area contributed by atoms with Crippen LogP contribution in [0.5, 0.6) is 0 Å². The summed E-state index contributed by atoms with van der Waals surface area (Å²) in [5, 5.41) is 3.57. The van der Waals surface area contributed by atoms with E-state index in [2.05, 4.69) is 6.58 Å². The normalized spacial score (nSPS) is 11.1. The summed E-state index contributed by atoms with van der Waals surface area (Å²) in [7, 11) is -3.85. The van der Waals surface area contributed by atoms with E-state index in [-0.39, 0.29) is 16.8 Å². The van der Waals surface area contributed by atoms with Crippen molar-refractivity contribution in [2.75, 3.05) is 0 Å². The molecular formula is C17H17NO3S. The highest BCUT2D eigenvalue weighted by Crippen LogP contribution is 2.29. The van der Waals surface area contributed by atoms with Crippen molar-refractivity contribution in [2.45, 2.75) is 11.8 Å². The van der Waals surface area contributed by atoms with Gasteiger partial charge >= 0.3 is 10.1 Å². The molecule has 0 fully saturated rings. The SMILES string of the molecule is C=C(C)OS(=O)(=O)c1cccc2cc3ccccc3cc12.N. The predicted octanol–water partition coefficient (Wildman–Crippen LogP) is 4.39. The van der Waals surface area contributed by atoms with Gasteiger partial charge in [0, 0.05) is 5.39 Å². The Hall–Kier alpha value is -2.37. The summed E-state index contributed by atoms with van der Waals surface area (Å²) in [6.45, 7) is 5.01. The summed E-state index contributed by atoms with van der Waals surface area (Å²) in [5.41, 5.74) is 0. The molecule has 0 aliphatic carbocycles. The minimum absolute atomic E-state index is 0. The zero-order chi connectivity index (χ0) is 15.0. The van der Waals surface area contributed by atoms with Gasteiger partial charge in [-0.3, -0.25) is 0 Å². The first-order valence-electron chi connectivity index (χ1n) is 6.49. The van der Waals surface area contributed by atoms with Gasteiger partial charge in [0.05, 0.1) is 0 Å². The first-order valence-corrected chi connectivity index (χ1v) is 7.90. The molecule has 22 heavy (non-hydrogen) atoms. The van der Waals surface area contributed by atoms with Crippen LogP contribution in [0.3, 0.4) is 0 Å². The highest BCUT2D eigenvalue weighted by molar-refractivity contribution is 7.87. The Labute approximate surface area is 129 Å². The second-order valence-electron chi connectivity index (χ2n) is 4.92. The van der Waals surface area contributed by atoms with Crippen LogP contribution >= 0.6 is 0 Å². The molecule has 0 unspecified atom stereocenters. The lowest BCUT2D eigenvalue weighted by atomic mass is 10.0. The van der Waals surface area contributed by atoms with Crippen molar-refractivity contribution in [3.63, 3.8) is 0 Å². The van der Waals surface area contributed by atoms with Gasteiger partial charge in [-0.25, -0.2) is 0 Å². The molecule has 0 saturated heterocycles. The van der Waals surface area contributed by atoms with Gasteiger partial charge in [-0.05, 0) is 41.3 Å². The lowest BCUT2D eigenvalue weighted by molar-refractivity contribution is 0.411. The van der Waals surface area contributed by atoms with Gasteiger partial charge in [0.2, 0.25) is 0 Å². The highest BCUT2D eigenvalue weighted by Gasteiger charge is 2.19. The summed E-state index contributed by atoms with van der Waals surface area (Å²) in [6, 6.07) is 16.8. The van der Waals surface area contributed by atoms with Crippen molar-refractivity contribution in [2.24, 2.45) is 0 Å². The Balaban J connectivity index is 0.00000176. The fourth-order valence-electron chi connectivity index (χ4n) is 2.39. The van der Waals surface area contributed by atoms with Crippen LogP contribution in [0.1, 0.15) is 6.92 Å². The number of hydrogen-bond acceptors (Lipinski definition) is 4. The summed E-state index contributed by atoms with van der Waals surface area (Å²) >= 11 is 0. The number of allylic oxidation sites excluding steroid dienone is 1. The molecule has 3 aromatic rings. The van der Waals surface area contributed by atoms with E-state index < -0.39 is 10.1 Å². The lowest BCUT2D eigenvalue weighted by Crippen LogP contribution is -2.05. The minimum Gasteiger partial charge on any atom is -0.384 e. The molecule has 0 radical (unpaired) electrons. The summed E-state index contributed by atoms with van der Waals surface area (Å²) in [4.78, 5) is 0.161. The van der Waals surface area contributed by atoms with Crippen LogP contribution in [-0.2, 0) is 14.3 Å². The first kappa shape index (κ1) is 16.0. The van der Waals surface area contributed by atoms with E-state index in [0.717, 1.165) is 16.2 Å². The van der Waals surface area contributed by atoms with Gasteiger partial charge in [-0.15, -0.1) is 0 Å². The molecule has 3 aromatic carbocycles. The molecule has 0 amide bonds. The van der Waals surface area contributed by atoms with Crippen LogP contribution < -0.4 is 6.15 Å². The van der Waals surface area contributed by atoms with Crippen molar-refractivity contribution in [1.82, 2.24) is 6.15 Å². The zero-order valence-corrected chi connectivity index (χ0v) is 13.1. The van der Waals surface area contributed by atoms with E-state index in [1.165, 1.54) is 6.92 Å². The number of rotatable bonds is 3. The number of fused-ring (bicyclic) bond motifs is 2. The molecular weight excluding hydrogens is 298 g/mol. The number of benzene rings is 3. The lowest BCUT2D eigenvalue weighted by Gasteiger charge is -2.10. The standard InChI is InChI=1S/C17H14O3S.H3N/c1-12(2)20-21(18,19)17-9-5-8-15-10-13-6-3-4-7-14(13)11-16(15)17;/h3-11H,1H2,2H3;1H3. The van der Waals surface area contributed by atoms with Crippen molar-refractivity contribution < 1.29 is 12.6 Å². The van der Waals surface area contributed by atoms with Gasteiger partial charge in [-0.1, -0.05) is 43.0 Å². The fraction of sp³-hybridized carbons (Fsp3) is 0.0588. The van der Waals surface area contributed by atoms with Crippen molar-refractivity contribution >= 4 is 31.7 Å². The van der Waals surface area contributed by atoms with E-state index in [1.807, 2.05) is 42.5 Å². The minimum atomic E-state index is -3.85. The highest BCUT2D eigenvalue weighted by atomic mass is 32.2. The molecule has 3 rings (SSSR count). The Kier molecular flexibility index (Phi) is 4.21. The molecule has 0 aliphatic rings. The Morgan fingerprint density at radius 1 is 0.955 bits per heavy atom. The Morgan fingerprint density at radius 3 is 2.18 bits per heavy atom. The predicted molar refractivity (Wildman–Crippen MR) is 89.6 cm³/mol.